The van der Waals surface area contributed by atoms with Crippen molar-refractivity contribution in [3.8, 4) is 0 Å². The number of fused-ring (bicyclic) bond motifs is 1. The van der Waals surface area contributed by atoms with E-state index in [0.717, 1.165) is 12.8 Å². The van der Waals surface area contributed by atoms with Crippen molar-refractivity contribution >= 4 is 0 Å². The molecule has 6 nitrogen and oxygen atoms in total. The van der Waals surface area contributed by atoms with Crippen LogP contribution in [-0.2, 0) is 18.9 Å². The van der Waals surface area contributed by atoms with Gasteiger partial charge in [-0.3, -0.25) is 0 Å². The van der Waals surface area contributed by atoms with Gasteiger partial charge in [-0.15, -0.1) is 0 Å². The number of aliphatic hydroxyl groups excluding tert-OH is 2. The van der Waals surface area contributed by atoms with Crippen LogP contribution in [0, 0.1) is 0 Å². The SMILES string of the molecule is CCCCCCCCCCCC1OCC2O[C@H](OC)C(O)C(O)[C@H]2O1. The third kappa shape index (κ3) is 6.45. The molecule has 25 heavy (non-hydrogen) atoms. The van der Waals surface area contributed by atoms with Crippen LogP contribution in [0.3, 0.4) is 0 Å². The molecule has 0 radical (unpaired) electrons. The smallest absolute Gasteiger partial charge is 0.186 e. The maximum absolute atomic E-state index is 10.2. The molecule has 4 unspecified atom stereocenters. The number of ether oxygens (including phenoxy) is 4. The van der Waals surface area contributed by atoms with Crippen LogP contribution < -0.4 is 0 Å². The Hall–Kier alpha value is -0.240. The summed E-state index contributed by atoms with van der Waals surface area (Å²) in [7, 11) is 1.44. The van der Waals surface area contributed by atoms with E-state index in [4.69, 9.17) is 18.9 Å². The molecule has 0 aliphatic carbocycles. The van der Waals surface area contributed by atoms with E-state index in [1.807, 2.05) is 0 Å². The molecule has 0 spiro atoms. The van der Waals surface area contributed by atoms with E-state index in [1.165, 1.54) is 58.5 Å². The molecular formula is C19H36O6. The molecule has 2 aliphatic heterocycles. The summed E-state index contributed by atoms with van der Waals surface area (Å²) in [4.78, 5) is 0. The van der Waals surface area contributed by atoms with Crippen LogP contribution in [0.5, 0.6) is 0 Å². The Balaban J connectivity index is 1.58. The van der Waals surface area contributed by atoms with Crippen LogP contribution in [0.25, 0.3) is 0 Å². The lowest BCUT2D eigenvalue weighted by Crippen LogP contribution is -2.63. The summed E-state index contributed by atoms with van der Waals surface area (Å²) >= 11 is 0. The fraction of sp³-hybridized carbons (Fsp3) is 1.00. The molecule has 6 atom stereocenters. The number of aliphatic hydroxyl groups is 2. The first kappa shape index (κ1) is 21.1. The van der Waals surface area contributed by atoms with Crippen LogP contribution in [0.15, 0.2) is 0 Å². The summed E-state index contributed by atoms with van der Waals surface area (Å²) in [6, 6.07) is 0. The highest BCUT2D eigenvalue weighted by Crippen LogP contribution is 2.30. The van der Waals surface area contributed by atoms with Crippen molar-refractivity contribution in [1.82, 2.24) is 0 Å². The molecule has 2 aliphatic rings. The van der Waals surface area contributed by atoms with Gasteiger partial charge >= 0.3 is 0 Å². The van der Waals surface area contributed by atoms with Gasteiger partial charge in [-0.2, -0.15) is 0 Å². The second-order valence-electron chi connectivity index (χ2n) is 7.24. The largest absolute Gasteiger partial charge is 0.387 e. The lowest BCUT2D eigenvalue weighted by Gasteiger charge is -2.45. The van der Waals surface area contributed by atoms with Crippen LogP contribution in [0.1, 0.15) is 71.1 Å². The molecule has 2 heterocycles. The van der Waals surface area contributed by atoms with Gasteiger partial charge in [0, 0.05) is 7.11 Å². The predicted octanol–water partition coefficient (Wildman–Crippen LogP) is 2.74. The molecule has 0 saturated carbocycles. The molecule has 148 valence electrons. The highest BCUT2D eigenvalue weighted by Gasteiger charge is 2.48. The maximum atomic E-state index is 10.2. The Morgan fingerprint density at radius 1 is 0.880 bits per heavy atom. The highest BCUT2D eigenvalue weighted by atomic mass is 16.7. The average Bonchev–Trinajstić information content (AvgIpc) is 2.63. The number of hydrogen-bond donors (Lipinski definition) is 2. The molecule has 0 amide bonds. The third-order valence-corrected chi connectivity index (χ3v) is 5.17. The lowest BCUT2D eigenvalue weighted by atomic mass is 9.98. The number of methoxy groups -OCH3 is 1. The number of rotatable bonds is 11. The topological polar surface area (TPSA) is 77.4 Å². The fourth-order valence-corrected chi connectivity index (χ4v) is 3.59. The first-order valence-corrected chi connectivity index (χ1v) is 9.98. The van der Waals surface area contributed by atoms with E-state index in [0.29, 0.717) is 6.61 Å². The first-order valence-electron chi connectivity index (χ1n) is 9.98. The quantitative estimate of drug-likeness (QED) is 0.552. The minimum absolute atomic E-state index is 0.324. The second kappa shape index (κ2) is 11.5. The van der Waals surface area contributed by atoms with Crippen molar-refractivity contribution in [2.45, 2.75) is 108 Å². The molecule has 6 heteroatoms. The van der Waals surface area contributed by atoms with Gasteiger partial charge in [-0.05, 0) is 12.8 Å². The summed E-state index contributed by atoms with van der Waals surface area (Å²) in [5.41, 5.74) is 0. The normalized spacial score (nSPS) is 35.5. The molecule has 2 fully saturated rings. The van der Waals surface area contributed by atoms with E-state index < -0.39 is 30.7 Å². The van der Waals surface area contributed by atoms with Gasteiger partial charge in [0.25, 0.3) is 0 Å². The van der Waals surface area contributed by atoms with Gasteiger partial charge in [0.2, 0.25) is 0 Å². The Labute approximate surface area is 151 Å². The number of hydrogen-bond acceptors (Lipinski definition) is 6. The van der Waals surface area contributed by atoms with Crippen LogP contribution in [-0.4, -0.2) is 60.9 Å². The van der Waals surface area contributed by atoms with Gasteiger partial charge in [0.15, 0.2) is 12.6 Å². The Bertz CT molecular complexity index is 351. The van der Waals surface area contributed by atoms with E-state index in [9.17, 15) is 10.2 Å². The molecule has 0 aromatic carbocycles. The van der Waals surface area contributed by atoms with Crippen molar-refractivity contribution in [3.05, 3.63) is 0 Å². The molecule has 2 N–H and O–H groups in total. The van der Waals surface area contributed by atoms with Gasteiger partial charge in [-0.25, -0.2) is 0 Å². The van der Waals surface area contributed by atoms with E-state index in [-0.39, 0.29) is 6.29 Å². The first-order chi connectivity index (χ1) is 12.2. The van der Waals surface area contributed by atoms with Crippen molar-refractivity contribution < 1.29 is 29.2 Å². The Kier molecular flexibility index (Phi) is 9.66. The van der Waals surface area contributed by atoms with Crippen molar-refractivity contribution in [2.75, 3.05) is 13.7 Å². The molecule has 0 aromatic heterocycles. The molecular weight excluding hydrogens is 324 g/mol. The molecule has 0 aromatic rings. The summed E-state index contributed by atoms with van der Waals surface area (Å²) in [5, 5.41) is 20.2. The zero-order chi connectivity index (χ0) is 18.1. The van der Waals surface area contributed by atoms with Crippen LogP contribution in [0.4, 0.5) is 0 Å². The standard InChI is InChI=1S/C19H36O6/c1-3-4-5-6-7-8-9-10-11-12-15-23-13-14-18(25-15)16(20)17(21)19(22-2)24-14/h14-21H,3-13H2,1-2H3/t14?,15?,16?,17?,18-,19-/m0/s1. The van der Waals surface area contributed by atoms with Gasteiger partial charge in [0.1, 0.15) is 24.4 Å². The maximum Gasteiger partial charge on any atom is 0.186 e. The molecule has 2 saturated heterocycles. The summed E-state index contributed by atoms with van der Waals surface area (Å²) in [5.74, 6) is 0. The Morgan fingerprint density at radius 3 is 2.16 bits per heavy atom. The molecule has 2 rings (SSSR count). The monoisotopic (exact) mass is 360 g/mol. The highest BCUT2D eigenvalue weighted by molar-refractivity contribution is 4.92. The van der Waals surface area contributed by atoms with Crippen LogP contribution >= 0.6 is 0 Å². The van der Waals surface area contributed by atoms with Crippen LogP contribution in [0.2, 0.25) is 0 Å². The van der Waals surface area contributed by atoms with Crippen molar-refractivity contribution in [3.63, 3.8) is 0 Å². The fourth-order valence-electron chi connectivity index (χ4n) is 3.59. The van der Waals surface area contributed by atoms with Crippen molar-refractivity contribution in [1.29, 1.82) is 0 Å². The predicted molar refractivity (Wildman–Crippen MR) is 94.1 cm³/mol. The van der Waals surface area contributed by atoms with Gasteiger partial charge < -0.3 is 29.2 Å². The minimum Gasteiger partial charge on any atom is -0.387 e. The minimum atomic E-state index is -1.10. The van der Waals surface area contributed by atoms with Gasteiger partial charge in [-0.1, -0.05) is 58.3 Å². The summed E-state index contributed by atoms with van der Waals surface area (Å²) < 4.78 is 22.2. The van der Waals surface area contributed by atoms with E-state index >= 15 is 0 Å². The average molecular weight is 360 g/mol. The van der Waals surface area contributed by atoms with Crippen molar-refractivity contribution in [2.24, 2.45) is 0 Å². The van der Waals surface area contributed by atoms with E-state index in [2.05, 4.69) is 6.92 Å². The Morgan fingerprint density at radius 2 is 1.52 bits per heavy atom. The third-order valence-electron chi connectivity index (χ3n) is 5.17. The second-order valence-corrected chi connectivity index (χ2v) is 7.24. The lowest BCUT2D eigenvalue weighted by molar-refractivity contribution is -0.356. The summed E-state index contributed by atoms with van der Waals surface area (Å²) in [6.07, 6.45) is 8.08. The summed E-state index contributed by atoms with van der Waals surface area (Å²) in [6.45, 7) is 2.60. The number of unbranched alkanes of at least 4 members (excludes halogenated alkanes) is 8. The van der Waals surface area contributed by atoms with E-state index in [1.54, 1.807) is 0 Å². The molecule has 0 bridgehead atoms. The van der Waals surface area contributed by atoms with Gasteiger partial charge in [0.05, 0.1) is 6.61 Å². The zero-order valence-corrected chi connectivity index (χ0v) is 15.8. The zero-order valence-electron chi connectivity index (χ0n) is 15.8.